The molecule has 4 unspecified atom stereocenters. The topological polar surface area (TPSA) is 195 Å². The Kier molecular flexibility index (Phi) is 16.7. The number of fused-ring (bicyclic) bond motifs is 1. The van der Waals surface area contributed by atoms with Crippen LogP contribution in [0.25, 0.3) is 0 Å². The highest BCUT2D eigenvalue weighted by Gasteiger charge is 2.81. The van der Waals surface area contributed by atoms with Crippen LogP contribution in [0.4, 0.5) is 4.79 Å². The molecule has 2 saturated carbocycles. The average molecular weight is 887 g/mol. The Hall–Kier alpha value is -6.68. The zero-order chi connectivity index (χ0) is 46.4. The molecular formula is C48H54O16. The van der Waals surface area contributed by atoms with Crippen molar-refractivity contribution in [2.45, 2.75) is 65.4 Å². The zero-order valence-electron chi connectivity index (χ0n) is 36.7. The maximum absolute atomic E-state index is 14.2. The summed E-state index contributed by atoms with van der Waals surface area (Å²) < 4.78 is 54.7. The van der Waals surface area contributed by atoms with Gasteiger partial charge in [0.05, 0.1) is 45.7 Å². The minimum absolute atomic E-state index is 0.0192. The number of carbonyl (C=O) groups is 6. The number of methoxy groups -OCH3 is 2. The summed E-state index contributed by atoms with van der Waals surface area (Å²) in [4.78, 5) is 75.0. The monoisotopic (exact) mass is 886 g/mol. The van der Waals surface area contributed by atoms with E-state index in [1.807, 2.05) is 0 Å². The van der Waals surface area contributed by atoms with Gasteiger partial charge in [-0.3, -0.25) is 4.79 Å². The van der Waals surface area contributed by atoms with Crippen LogP contribution in [0.3, 0.4) is 0 Å². The Bertz CT molecular complexity index is 2190. The van der Waals surface area contributed by atoms with E-state index >= 15 is 0 Å². The second kappa shape index (κ2) is 22.1. The zero-order valence-corrected chi connectivity index (χ0v) is 36.7. The molecule has 16 heteroatoms. The van der Waals surface area contributed by atoms with Gasteiger partial charge >= 0.3 is 36.0 Å². The molecule has 0 aliphatic heterocycles. The van der Waals surface area contributed by atoms with Gasteiger partial charge in [-0.1, -0.05) is 33.9 Å². The molecule has 2 aliphatic rings. The van der Waals surface area contributed by atoms with Crippen LogP contribution in [-0.4, -0.2) is 82.8 Å². The lowest BCUT2D eigenvalue weighted by Crippen LogP contribution is -2.45. The highest BCUT2D eigenvalue weighted by atomic mass is 16.7. The predicted octanol–water partition coefficient (Wildman–Crippen LogP) is 8.04. The number of esters is 5. The van der Waals surface area contributed by atoms with Crippen LogP contribution < -0.4 is 28.4 Å². The molecular weight excluding hydrogens is 833 g/mol. The van der Waals surface area contributed by atoms with Gasteiger partial charge in [0.2, 0.25) is 0 Å². The number of rotatable bonds is 22. The lowest BCUT2D eigenvalue weighted by atomic mass is 9.77. The molecule has 0 saturated heterocycles. The number of unbranched alkanes of at least 4 members (excludes halogenated alkanes) is 2. The Morgan fingerprint density at radius 3 is 1.81 bits per heavy atom. The van der Waals surface area contributed by atoms with Crippen molar-refractivity contribution in [2.24, 2.45) is 22.7 Å². The number of benzene rings is 3. The Morgan fingerprint density at radius 1 is 0.625 bits per heavy atom. The molecule has 0 heterocycles. The maximum atomic E-state index is 14.2. The fraction of sp³-hybridized carbons (Fsp3) is 0.417. The van der Waals surface area contributed by atoms with Gasteiger partial charge in [0.15, 0.2) is 11.5 Å². The Morgan fingerprint density at radius 2 is 1.19 bits per heavy atom. The first-order valence-electron chi connectivity index (χ1n) is 20.9. The quantitative estimate of drug-likeness (QED) is 0.0235. The fourth-order valence-corrected chi connectivity index (χ4v) is 8.14. The van der Waals surface area contributed by atoms with Crippen LogP contribution in [-0.2, 0) is 33.3 Å². The van der Waals surface area contributed by atoms with E-state index in [2.05, 4.69) is 33.9 Å². The fourth-order valence-electron chi connectivity index (χ4n) is 8.14. The largest absolute Gasteiger partial charge is 0.513 e. The van der Waals surface area contributed by atoms with Gasteiger partial charge in [-0.05, 0) is 104 Å². The van der Waals surface area contributed by atoms with E-state index in [0.717, 1.165) is 25.0 Å². The van der Waals surface area contributed by atoms with Gasteiger partial charge in [0.25, 0.3) is 0 Å². The van der Waals surface area contributed by atoms with Gasteiger partial charge in [0, 0.05) is 30.9 Å². The second-order valence-electron chi connectivity index (χ2n) is 15.7. The molecule has 0 aromatic heterocycles. The van der Waals surface area contributed by atoms with Gasteiger partial charge < -0.3 is 47.4 Å². The summed E-state index contributed by atoms with van der Waals surface area (Å²) >= 11 is 0. The number of hydrogen-bond donors (Lipinski definition) is 0. The highest BCUT2D eigenvalue weighted by molar-refractivity contribution is 5.95. The summed E-state index contributed by atoms with van der Waals surface area (Å²) in [6.07, 6.45) is 4.79. The molecule has 16 nitrogen and oxygen atoms in total. The molecule has 4 atom stereocenters. The molecule has 342 valence electrons. The maximum Gasteiger partial charge on any atom is 0.513 e. The van der Waals surface area contributed by atoms with Crippen LogP contribution in [0.1, 0.15) is 80.0 Å². The van der Waals surface area contributed by atoms with Crippen LogP contribution in [0.15, 0.2) is 86.0 Å². The van der Waals surface area contributed by atoms with Crippen molar-refractivity contribution >= 4 is 36.0 Å². The third-order valence-corrected chi connectivity index (χ3v) is 11.5. The van der Waals surface area contributed by atoms with E-state index in [-0.39, 0.29) is 88.8 Å². The minimum atomic E-state index is -0.941. The van der Waals surface area contributed by atoms with Crippen LogP contribution in [0.5, 0.6) is 34.5 Å². The van der Waals surface area contributed by atoms with Gasteiger partial charge in [-0.25, -0.2) is 24.0 Å². The smallest absolute Gasteiger partial charge is 0.496 e. The summed E-state index contributed by atoms with van der Waals surface area (Å²) in [6.45, 7) is 13.8. The van der Waals surface area contributed by atoms with E-state index in [4.69, 9.17) is 47.4 Å². The van der Waals surface area contributed by atoms with Crippen molar-refractivity contribution in [3.05, 3.63) is 97.1 Å². The summed E-state index contributed by atoms with van der Waals surface area (Å²) in [6, 6.07) is 14.1. The Balaban J connectivity index is 1.16. The third kappa shape index (κ3) is 11.5. The van der Waals surface area contributed by atoms with Crippen molar-refractivity contribution in [3.63, 3.8) is 0 Å². The average Bonchev–Trinajstić information content (AvgIpc) is 3.81. The molecule has 0 spiro atoms. The molecule has 2 aliphatic carbocycles. The Labute approximate surface area is 371 Å². The van der Waals surface area contributed by atoms with E-state index in [0.29, 0.717) is 32.3 Å². The predicted molar refractivity (Wildman–Crippen MR) is 229 cm³/mol. The second-order valence-corrected chi connectivity index (χ2v) is 15.7. The molecule has 64 heavy (non-hydrogen) atoms. The van der Waals surface area contributed by atoms with Gasteiger partial charge in [-0.15, -0.1) is 0 Å². The van der Waals surface area contributed by atoms with E-state index in [9.17, 15) is 28.8 Å². The van der Waals surface area contributed by atoms with Gasteiger partial charge in [0.1, 0.15) is 34.0 Å². The first-order valence-corrected chi connectivity index (χ1v) is 20.9. The lowest BCUT2D eigenvalue weighted by Gasteiger charge is -2.36. The molecule has 0 radical (unpaired) electrons. The van der Waals surface area contributed by atoms with Crippen molar-refractivity contribution in [1.29, 1.82) is 0 Å². The van der Waals surface area contributed by atoms with Crippen molar-refractivity contribution in [1.82, 2.24) is 0 Å². The van der Waals surface area contributed by atoms with E-state index < -0.39 is 41.4 Å². The minimum Gasteiger partial charge on any atom is -0.496 e. The summed E-state index contributed by atoms with van der Waals surface area (Å²) in [7, 11) is 2.72. The van der Waals surface area contributed by atoms with Crippen LogP contribution >= 0.6 is 0 Å². The standard InChI is InChI=1S/C48H54O16/c1-8-40(49)57-24-10-12-26-59-42-30(3)14-23-39-47(4,5)48(39,42)45(53)62-34-19-21-35(37(28-34)55-6)44(52)64-36-22-20-33(29-38(36)56-7)61-43(51)31-15-17-32(18-16-31)63-46(54)60-27-13-11-25-58-41(50)9-2/h8-9,15-22,28-30,39,42H,1-2,10-14,23-27H2,3-7H3. The van der Waals surface area contributed by atoms with Crippen molar-refractivity contribution in [3.8, 4) is 34.5 Å². The summed E-state index contributed by atoms with van der Waals surface area (Å²) in [5.74, 6) is -2.21. The number of carbonyl (C=O) groups excluding carboxylic acids is 6. The van der Waals surface area contributed by atoms with E-state index in [1.54, 1.807) is 0 Å². The number of ether oxygens (including phenoxy) is 10. The summed E-state index contributed by atoms with van der Waals surface area (Å²) in [5.41, 5.74) is -1.08. The van der Waals surface area contributed by atoms with Crippen molar-refractivity contribution in [2.75, 3.05) is 40.6 Å². The molecule has 0 amide bonds. The lowest BCUT2D eigenvalue weighted by molar-refractivity contribution is -0.156. The first-order chi connectivity index (χ1) is 30.7. The molecule has 3 aromatic rings. The molecule has 2 fully saturated rings. The summed E-state index contributed by atoms with van der Waals surface area (Å²) in [5, 5.41) is 0. The van der Waals surface area contributed by atoms with E-state index in [1.165, 1.54) is 74.9 Å². The van der Waals surface area contributed by atoms with Crippen molar-refractivity contribution < 1.29 is 76.1 Å². The first kappa shape index (κ1) is 48.4. The normalized spacial score (nSPS) is 19.0. The molecule has 5 rings (SSSR count). The highest BCUT2D eigenvalue weighted by Crippen LogP contribution is 2.76. The van der Waals surface area contributed by atoms with Gasteiger partial charge in [-0.2, -0.15) is 0 Å². The molecule has 3 aromatic carbocycles. The van der Waals surface area contributed by atoms with Crippen LogP contribution in [0.2, 0.25) is 0 Å². The third-order valence-electron chi connectivity index (χ3n) is 11.5. The molecule has 0 bridgehead atoms. The SMILES string of the molecule is C=CC(=O)OCCCCOC(=O)Oc1ccc(C(=O)Oc2ccc(OC(=O)c3ccc(OC(=O)C45C(OCCCCOC(=O)C=C)C(C)CCC4C5(C)C)cc3OC)c(OC)c2)cc1. The molecule has 0 N–H and O–H groups in total. The van der Waals surface area contributed by atoms with Crippen LogP contribution in [0, 0.1) is 22.7 Å². The number of hydrogen-bond acceptors (Lipinski definition) is 16.